The van der Waals surface area contributed by atoms with Crippen molar-refractivity contribution in [2.24, 2.45) is 29.6 Å². The van der Waals surface area contributed by atoms with E-state index in [2.05, 4.69) is 6.92 Å². The molecule has 4 heteroatoms. The highest BCUT2D eigenvalue weighted by molar-refractivity contribution is 4.94. The number of rotatable bonds is 2. The van der Waals surface area contributed by atoms with Crippen LogP contribution in [0.2, 0.25) is 0 Å². The molecule has 0 spiro atoms. The highest BCUT2D eigenvalue weighted by Gasteiger charge is 2.45. The van der Waals surface area contributed by atoms with Crippen LogP contribution in [-0.4, -0.2) is 24.7 Å². The number of hydrogen-bond acceptors (Lipinski definition) is 0. The van der Waals surface area contributed by atoms with Gasteiger partial charge in [0.2, 0.25) is 0 Å². The quantitative estimate of drug-likeness (QED) is 0.462. The van der Waals surface area contributed by atoms with Crippen molar-refractivity contribution in [1.82, 2.24) is 0 Å². The van der Waals surface area contributed by atoms with Crippen molar-refractivity contribution in [3.8, 4) is 0 Å². The minimum Gasteiger partial charge on any atom is -0.247 e. The van der Waals surface area contributed by atoms with E-state index in [0.29, 0.717) is 18.3 Å². The van der Waals surface area contributed by atoms with Crippen LogP contribution in [0.5, 0.6) is 0 Å². The first-order valence-electron chi connectivity index (χ1n) is 10.5. The predicted molar refractivity (Wildman–Crippen MR) is 95.6 cm³/mol. The Hall–Kier alpha value is -0.280. The second-order valence-corrected chi connectivity index (χ2v) is 8.48. The molecule has 0 aromatic rings. The maximum atomic E-state index is 14.7. The third-order valence-electron chi connectivity index (χ3n) is 6.94. The van der Waals surface area contributed by atoms with Crippen LogP contribution < -0.4 is 0 Å². The Morgan fingerprint density at radius 2 is 1.04 bits per heavy atom. The van der Waals surface area contributed by atoms with Crippen LogP contribution >= 0.6 is 0 Å². The van der Waals surface area contributed by atoms with Crippen LogP contribution in [0.3, 0.4) is 0 Å². The molecule has 25 heavy (non-hydrogen) atoms. The summed E-state index contributed by atoms with van der Waals surface area (Å²) in [5, 5.41) is 0. The fourth-order valence-corrected chi connectivity index (χ4v) is 5.40. The van der Waals surface area contributed by atoms with Crippen LogP contribution in [0.4, 0.5) is 17.6 Å². The van der Waals surface area contributed by atoms with Gasteiger partial charge in [0.15, 0.2) is 6.17 Å². The van der Waals surface area contributed by atoms with Gasteiger partial charge in [-0.15, -0.1) is 0 Å². The number of alkyl halides is 4. The molecule has 0 bridgehead atoms. The average Bonchev–Trinajstić information content (AvgIpc) is 2.61. The zero-order valence-electron chi connectivity index (χ0n) is 16.1. The molecule has 3 aliphatic carbocycles. The first-order chi connectivity index (χ1) is 12.0. The van der Waals surface area contributed by atoms with Crippen molar-refractivity contribution in [3.63, 3.8) is 0 Å². The van der Waals surface area contributed by atoms with Gasteiger partial charge in [0, 0.05) is 0 Å². The van der Waals surface area contributed by atoms with Crippen molar-refractivity contribution in [3.05, 3.63) is 0 Å². The number of hydrogen-bond donors (Lipinski definition) is 0. The predicted octanol–water partition coefficient (Wildman–Crippen LogP) is 7.02. The van der Waals surface area contributed by atoms with E-state index in [1.165, 1.54) is 25.7 Å². The van der Waals surface area contributed by atoms with E-state index in [1.807, 2.05) is 13.8 Å². The van der Waals surface area contributed by atoms with Gasteiger partial charge < -0.3 is 0 Å². The molecule has 3 fully saturated rings. The van der Waals surface area contributed by atoms with Crippen LogP contribution in [0.15, 0.2) is 0 Å². The van der Waals surface area contributed by atoms with Crippen LogP contribution in [-0.2, 0) is 0 Å². The van der Waals surface area contributed by atoms with Crippen molar-refractivity contribution in [2.45, 2.75) is 103 Å². The summed E-state index contributed by atoms with van der Waals surface area (Å²) in [6.45, 7) is 6.28. The zero-order chi connectivity index (χ0) is 18.6. The summed E-state index contributed by atoms with van der Waals surface area (Å²) < 4.78 is 55.3. The SMILES string of the molecule is CC.CC1CCC(C2CCC(C3CC(F)C(F)C(F)C3)C(F)C2)CC1. The van der Waals surface area contributed by atoms with Crippen LogP contribution in [0.1, 0.15) is 78.6 Å². The second kappa shape index (κ2) is 9.60. The van der Waals surface area contributed by atoms with E-state index in [-0.39, 0.29) is 24.7 Å². The Bertz CT molecular complexity index is 368. The van der Waals surface area contributed by atoms with Gasteiger partial charge in [-0.2, -0.15) is 0 Å². The lowest BCUT2D eigenvalue weighted by Crippen LogP contribution is -2.43. The lowest BCUT2D eigenvalue weighted by Gasteiger charge is -2.43. The Morgan fingerprint density at radius 1 is 0.560 bits per heavy atom. The fraction of sp³-hybridized carbons (Fsp3) is 1.00. The molecule has 0 nitrogen and oxygen atoms in total. The molecule has 0 aliphatic heterocycles. The van der Waals surface area contributed by atoms with Gasteiger partial charge >= 0.3 is 0 Å². The second-order valence-electron chi connectivity index (χ2n) is 8.48. The molecule has 5 atom stereocenters. The smallest absolute Gasteiger partial charge is 0.162 e. The van der Waals surface area contributed by atoms with E-state index in [4.69, 9.17) is 0 Å². The van der Waals surface area contributed by atoms with Gasteiger partial charge in [0.1, 0.15) is 18.5 Å². The molecular formula is C21H36F4. The van der Waals surface area contributed by atoms with Gasteiger partial charge in [0.05, 0.1) is 0 Å². The van der Waals surface area contributed by atoms with Gasteiger partial charge in [-0.1, -0.05) is 33.6 Å². The Balaban J connectivity index is 0.00000109. The third-order valence-corrected chi connectivity index (χ3v) is 6.94. The maximum Gasteiger partial charge on any atom is 0.162 e. The van der Waals surface area contributed by atoms with Gasteiger partial charge in [-0.3, -0.25) is 0 Å². The highest BCUT2D eigenvalue weighted by Crippen LogP contribution is 2.47. The topological polar surface area (TPSA) is 0 Å². The lowest BCUT2D eigenvalue weighted by atomic mass is 9.64. The van der Waals surface area contributed by atoms with Gasteiger partial charge in [-0.25, -0.2) is 17.6 Å². The van der Waals surface area contributed by atoms with Crippen molar-refractivity contribution in [2.75, 3.05) is 0 Å². The largest absolute Gasteiger partial charge is 0.247 e. The summed E-state index contributed by atoms with van der Waals surface area (Å²) in [4.78, 5) is 0. The number of halogens is 4. The Labute approximate surface area is 151 Å². The zero-order valence-corrected chi connectivity index (χ0v) is 16.1. The van der Waals surface area contributed by atoms with Gasteiger partial charge in [-0.05, 0) is 74.5 Å². The first kappa shape index (κ1) is 21.0. The molecule has 0 aromatic heterocycles. The summed E-state index contributed by atoms with van der Waals surface area (Å²) >= 11 is 0. The molecule has 3 rings (SSSR count). The molecule has 0 heterocycles. The molecular weight excluding hydrogens is 328 g/mol. The standard InChI is InChI=1S/C19H30F4.C2H6/c1-11-2-4-12(5-3-11)13-6-7-15(16(20)8-13)14-9-17(21)19(23)18(22)10-14;1-2/h11-19H,2-10H2,1H3;1-2H3. The summed E-state index contributed by atoms with van der Waals surface area (Å²) in [6, 6.07) is 0. The van der Waals surface area contributed by atoms with Crippen molar-refractivity contribution < 1.29 is 17.6 Å². The average molecular weight is 365 g/mol. The van der Waals surface area contributed by atoms with Crippen molar-refractivity contribution >= 4 is 0 Å². The van der Waals surface area contributed by atoms with E-state index < -0.39 is 24.7 Å². The van der Waals surface area contributed by atoms with E-state index in [0.717, 1.165) is 18.8 Å². The molecule has 0 aromatic carbocycles. The lowest BCUT2D eigenvalue weighted by molar-refractivity contribution is -0.0285. The van der Waals surface area contributed by atoms with Crippen LogP contribution in [0, 0.1) is 29.6 Å². The molecule has 3 aliphatic rings. The van der Waals surface area contributed by atoms with Gasteiger partial charge in [0.25, 0.3) is 0 Å². The minimum atomic E-state index is -2.01. The highest BCUT2D eigenvalue weighted by atomic mass is 19.2. The normalized spacial score (nSPS) is 48.4. The molecule has 148 valence electrons. The molecule has 0 radical (unpaired) electrons. The monoisotopic (exact) mass is 364 g/mol. The molecule has 0 N–H and O–H groups in total. The van der Waals surface area contributed by atoms with E-state index >= 15 is 0 Å². The maximum absolute atomic E-state index is 14.7. The fourth-order valence-electron chi connectivity index (χ4n) is 5.40. The van der Waals surface area contributed by atoms with E-state index in [1.54, 1.807) is 0 Å². The molecule has 5 unspecified atom stereocenters. The van der Waals surface area contributed by atoms with Crippen molar-refractivity contribution in [1.29, 1.82) is 0 Å². The summed E-state index contributed by atoms with van der Waals surface area (Å²) in [7, 11) is 0. The minimum absolute atomic E-state index is 0.00170. The van der Waals surface area contributed by atoms with Crippen LogP contribution in [0.25, 0.3) is 0 Å². The summed E-state index contributed by atoms with van der Waals surface area (Å²) in [5.41, 5.74) is 0. The first-order valence-corrected chi connectivity index (χ1v) is 10.5. The molecule has 0 amide bonds. The molecule has 0 saturated heterocycles. The van der Waals surface area contributed by atoms with E-state index in [9.17, 15) is 17.6 Å². The molecule has 3 saturated carbocycles. The Kier molecular flexibility index (Phi) is 8.07. The third kappa shape index (κ3) is 5.13. The Morgan fingerprint density at radius 3 is 1.56 bits per heavy atom. The summed E-state index contributed by atoms with van der Waals surface area (Å²) in [6.07, 6.45) is 0.658. The summed E-state index contributed by atoms with van der Waals surface area (Å²) in [5.74, 6) is 1.28.